The van der Waals surface area contributed by atoms with Crippen LogP contribution in [0.2, 0.25) is 0 Å². The molecular weight excluding hydrogens is 298 g/mol. The molecule has 1 atom stereocenters. The van der Waals surface area contributed by atoms with Crippen molar-refractivity contribution in [2.24, 2.45) is 0 Å². The highest BCUT2D eigenvalue weighted by Crippen LogP contribution is 2.23. The van der Waals surface area contributed by atoms with Gasteiger partial charge in [0.2, 0.25) is 5.91 Å². The van der Waals surface area contributed by atoms with E-state index in [4.69, 9.17) is 0 Å². The van der Waals surface area contributed by atoms with E-state index in [1.165, 1.54) is 11.3 Å². The lowest BCUT2D eigenvalue weighted by atomic mass is 10.2. The van der Waals surface area contributed by atoms with Crippen LogP contribution in [0.5, 0.6) is 0 Å². The Kier molecular flexibility index (Phi) is 4.22. The average molecular weight is 315 g/mol. The van der Waals surface area contributed by atoms with Crippen molar-refractivity contribution >= 4 is 22.2 Å². The number of aliphatic hydroxyl groups is 1. The van der Waals surface area contributed by atoms with Crippen LogP contribution >= 0.6 is 11.3 Å². The average Bonchev–Trinajstić information content (AvgIpc) is 3.08. The molecule has 1 amide bonds. The van der Waals surface area contributed by atoms with Crippen LogP contribution in [0.25, 0.3) is 16.2 Å². The molecule has 0 fully saturated rings. The van der Waals surface area contributed by atoms with Gasteiger partial charge in [0.05, 0.1) is 18.2 Å². The minimum Gasteiger partial charge on any atom is -0.392 e. The lowest BCUT2D eigenvalue weighted by Crippen LogP contribution is -2.31. The highest BCUT2D eigenvalue weighted by atomic mass is 32.1. The normalized spacial score (nSPS) is 12.5. The summed E-state index contributed by atoms with van der Waals surface area (Å²) in [5.74, 6) is -0.101. The Labute approximate surface area is 132 Å². The quantitative estimate of drug-likeness (QED) is 0.758. The number of imidazole rings is 1. The predicted molar refractivity (Wildman–Crippen MR) is 86.9 cm³/mol. The van der Waals surface area contributed by atoms with Crippen molar-refractivity contribution in [2.45, 2.75) is 19.4 Å². The van der Waals surface area contributed by atoms with Crippen molar-refractivity contribution < 1.29 is 9.90 Å². The molecule has 2 heterocycles. The Hall–Kier alpha value is -2.18. The molecule has 3 rings (SSSR count). The molecule has 0 aliphatic rings. The molecule has 6 heteroatoms. The number of aliphatic hydroxyl groups excluding tert-OH is 1. The van der Waals surface area contributed by atoms with E-state index in [2.05, 4.69) is 10.3 Å². The van der Waals surface area contributed by atoms with Gasteiger partial charge in [-0.3, -0.25) is 9.20 Å². The van der Waals surface area contributed by atoms with E-state index in [1.807, 2.05) is 46.3 Å². The minimum atomic E-state index is -0.538. The zero-order valence-electron chi connectivity index (χ0n) is 12.2. The summed E-state index contributed by atoms with van der Waals surface area (Å²) in [5.41, 5.74) is 2.86. The van der Waals surface area contributed by atoms with Gasteiger partial charge in [0.1, 0.15) is 0 Å². The Morgan fingerprint density at radius 2 is 2.18 bits per heavy atom. The van der Waals surface area contributed by atoms with E-state index < -0.39 is 6.10 Å². The second kappa shape index (κ2) is 6.29. The maximum Gasteiger partial charge on any atom is 0.226 e. The number of rotatable bonds is 5. The maximum atomic E-state index is 11.9. The minimum absolute atomic E-state index is 0.101. The second-order valence-corrected chi connectivity index (χ2v) is 6.04. The van der Waals surface area contributed by atoms with Crippen molar-refractivity contribution in [3.8, 4) is 11.3 Å². The molecule has 1 unspecified atom stereocenters. The number of fused-ring (bicyclic) bond motifs is 1. The molecule has 0 saturated carbocycles. The summed E-state index contributed by atoms with van der Waals surface area (Å²) < 4.78 is 1.95. The molecular formula is C16H17N3O2S. The molecule has 114 valence electrons. The van der Waals surface area contributed by atoms with Crippen molar-refractivity contribution in [1.82, 2.24) is 14.7 Å². The van der Waals surface area contributed by atoms with Gasteiger partial charge >= 0.3 is 0 Å². The van der Waals surface area contributed by atoms with Crippen LogP contribution in [0.15, 0.2) is 41.9 Å². The summed E-state index contributed by atoms with van der Waals surface area (Å²) in [6.45, 7) is 1.91. The lowest BCUT2D eigenvalue weighted by Gasteiger charge is -2.06. The molecule has 2 aromatic heterocycles. The van der Waals surface area contributed by atoms with Gasteiger partial charge in [-0.2, -0.15) is 0 Å². The van der Waals surface area contributed by atoms with Crippen molar-refractivity contribution in [2.75, 3.05) is 6.54 Å². The van der Waals surface area contributed by atoms with Crippen molar-refractivity contribution in [3.63, 3.8) is 0 Å². The van der Waals surface area contributed by atoms with Crippen LogP contribution in [0.1, 0.15) is 12.6 Å². The number of nitrogens with one attached hydrogen (secondary N) is 1. The fraction of sp³-hybridized carbons (Fsp3) is 0.250. The van der Waals surface area contributed by atoms with E-state index in [0.717, 1.165) is 21.9 Å². The molecule has 0 spiro atoms. The van der Waals surface area contributed by atoms with E-state index in [-0.39, 0.29) is 18.9 Å². The van der Waals surface area contributed by atoms with Gasteiger partial charge in [0, 0.05) is 29.4 Å². The molecule has 1 aromatic carbocycles. The van der Waals surface area contributed by atoms with E-state index in [0.29, 0.717) is 0 Å². The molecule has 0 bridgehead atoms. The highest BCUT2D eigenvalue weighted by Gasteiger charge is 2.12. The number of benzene rings is 1. The van der Waals surface area contributed by atoms with Crippen LogP contribution < -0.4 is 5.32 Å². The molecule has 5 nitrogen and oxygen atoms in total. The number of amides is 1. The molecule has 0 radical (unpaired) electrons. The van der Waals surface area contributed by atoms with Crippen molar-refractivity contribution in [3.05, 3.63) is 47.6 Å². The fourth-order valence-corrected chi connectivity index (χ4v) is 3.07. The number of carbonyl (C=O) groups is 1. The first-order valence-corrected chi connectivity index (χ1v) is 7.97. The largest absolute Gasteiger partial charge is 0.392 e. The Morgan fingerprint density at radius 1 is 1.41 bits per heavy atom. The maximum absolute atomic E-state index is 11.9. The van der Waals surface area contributed by atoms with Crippen molar-refractivity contribution in [1.29, 1.82) is 0 Å². The number of hydrogen-bond donors (Lipinski definition) is 2. The third-order valence-corrected chi connectivity index (χ3v) is 4.18. The number of nitrogens with zero attached hydrogens (tertiary/aromatic N) is 2. The van der Waals surface area contributed by atoms with Gasteiger partial charge in [0.15, 0.2) is 4.96 Å². The topological polar surface area (TPSA) is 66.6 Å². The number of hydrogen-bond acceptors (Lipinski definition) is 4. The Morgan fingerprint density at radius 3 is 2.91 bits per heavy atom. The summed E-state index contributed by atoms with van der Waals surface area (Å²) in [6, 6.07) is 9.96. The first-order valence-electron chi connectivity index (χ1n) is 7.09. The molecule has 0 saturated heterocycles. The fourth-order valence-electron chi connectivity index (χ4n) is 2.19. The van der Waals surface area contributed by atoms with Gasteiger partial charge in [0.25, 0.3) is 0 Å². The van der Waals surface area contributed by atoms with Gasteiger partial charge < -0.3 is 10.4 Å². The first kappa shape index (κ1) is 14.7. The van der Waals surface area contributed by atoms with Gasteiger partial charge in [-0.1, -0.05) is 30.3 Å². The van der Waals surface area contributed by atoms with Gasteiger partial charge in [-0.05, 0) is 6.92 Å². The smallest absolute Gasteiger partial charge is 0.226 e. The summed E-state index contributed by atoms with van der Waals surface area (Å²) in [4.78, 5) is 17.4. The molecule has 22 heavy (non-hydrogen) atoms. The summed E-state index contributed by atoms with van der Waals surface area (Å²) in [6.07, 6.45) is 1.69. The zero-order chi connectivity index (χ0) is 15.5. The Bertz CT molecular complexity index is 777. The predicted octanol–water partition coefficient (Wildman–Crippen LogP) is 2.10. The molecule has 2 N–H and O–H groups in total. The SMILES string of the molecule is CC(O)CNC(=O)Cc1csc2nc(-c3ccccc3)cn12. The van der Waals surface area contributed by atoms with Crippen LogP contribution in [0.4, 0.5) is 0 Å². The summed E-state index contributed by atoms with van der Waals surface area (Å²) >= 11 is 1.52. The molecule has 0 aliphatic carbocycles. The number of carbonyl (C=O) groups excluding carboxylic acids is 1. The third-order valence-electron chi connectivity index (χ3n) is 3.29. The summed E-state index contributed by atoms with van der Waals surface area (Å²) in [7, 11) is 0. The zero-order valence-corrected chi connectivity index (χ0v) is 13.0. The number of thiazole rings is 1. The number of aromatic nitrogens is 2. The van der Waals surface area contributed by atoms with Crippen LogP contribution in [0.3, 0.4) is 0 Å². The van der Waals surface area contributed by atoms with Gasteiger partial charge in [-0.15, -0.1) is 11.3 Å². The monoisotopic (exact) mass is 315 g/mol. The van der Waals surface area contributed by atoms with Crippen LogP contribution in [-0.4, -0.2) is 33.0 Å². The third kappa shape index (κ3) is 3.18. The van der Waals surface area contributed by atoms with Crippen LogP contribution in [0, 0.1) is 0 Å². The molecule has 3 aromatic rings. The van der Waals surface area contributed by atoms with E-state index in [9.17, 15) is 9.90 Å². The second-order valence-electron chi connectivity index (χ2n) is 5.20. The Balaban J connectivity index is 1.80. The van der Waals surface area contributed by atoms with Gasteiger partial charge in [-0.25, -0.2) is 4.98 Å². The van der Waals surface area contributed by atoms with E-state index >= 15 is 0 Å². The highest BCUT2D eigenvalue weighted by molar-refractivity contribution is 7.15. The standard InChI is InChI=1S/C16H17N3O2S/c1-11(20)8-17-15(21)7-13-10-22-16-18-14(9-19(13)16)12-5-3-2-4-6-12/h2-6,9-11,20H,7-8H2,1H3,(H,17,21). The summed E-state index contributed by atoms with van der Waals surface area (Å²) in [5, 5.41) is 13.8. The van der Waals surface area contributed by atoms with Crippen LogP contribution in [-0.2, 0) is 11.2 Å². The molecule has 0 aliphatic heterocycles. The van der Waals surface area contributed by atoms with E-state index in [1.54, 1.807) is 6.92 Å². The first-order chi connectivity index (χ1) is 10.6. The lowest BCUT2D eigenvalue weighted by molar-refractivity contribution is -0.120.